The van der Waals surface area contributed by atoms with Gasteiger partial charge in [0.25, 0.3) is 31.9 Å². The van der Waals surface area contributed by atoms with Crippen LogP contribution in [-0.4, -0.2) is 127 Å². The van der Waals surface area contributed by atoms with E-state index in [-0.39, 0.29) is 37.0 Å². The lowest BCUT2D eigenvalue weighted by atomic mass is 9.99. The van der Waals surface area contributed by atoms with Crippen LogP contribution in [0, 0.1) is 5.92 Å². The van der Waals surface area contributed by atoms with E-state index in [1.165, 1.54) is 74.3 Å². The van der Waals surface area contributed by atoms with Gasteiger partial charge in [0.15, 0.2) is 0 Å². The van der Waals surface area contributed by atoms with Gasteiger partial charge in [0.2, 0.25) is 0 Å². The van der Waals surface area contributed by atoms with Gasteiger partial charge in [0, 0.05) is 72.2 Å². The summed E-state index contributed by atoms with van der Waals surface area (Å²) in [5.74, 6) is 1.42. The molecule has 3 fully saturated rings. The number of carbonyl (C=O) groups is 2. The van der Waals surface area contributed by atoms with Gasteiger partial charge in [-0.25, -0.2) is 16.8 Å². The molecule has 0 saturated carbocycles. The number of nitrogens with zero attached hydrogens (tertiary/aromatic N) is 3. The standard InChI is InChI=1S/C25H37N3O4S2.C24H34N4O4S2/c1-4-6-8-19(5-2)16-26-21-13-14-28(18-21)34(30,31)24-12-11-23(33-24)17-27-25(29)20-9-7-10-22(15-20)32-3;1-32-21-7-5-6-19(16-21)24(29)26-17-22-8-9-23(33-22)34(30,31)28-14-10-20(18-28)25-11-15-27-12-3-2-4-13-27/h7,9-12,15,19,21,26H,4-6,8,13-14,16-18H2,1-3H3,(H,27,29);5-9,16,20,25H,2-4,10-15,17-18H2,1H3,(H,26,29). The van der Waals surface area contributed by atoms with Crippen molar-refractivity contribution < 1.29 is 35.9 Å². The molecule has 0 aliphatic carbocycles. The van der Waals surface area contributed by atoms with Gasteiger partial charge >= 0.3 is 0 Å². The lowest BCUT2D eigenvalue weighted by Crippen LogP contribution is -2.40. The second-order valence-electron chi connectivity index (χ2n) is 17.6. The topological polar surface area (TPSA) is 179 Å². The number of hydrogen-bond donors (Lipinski definition) is 4. The number of methoxy groups -OCH3 is 2. The molecule has 5 heterocycles. The van der Waals surface area contributed by atoms with Crippen LogP contribution in [0.4, 0.5) is 0 Å². The number of benzene rings is 2. The van der Waals surface area contributed by atoms with Crippen LogP contribution in [0.5, 0.6) is 11.5 Å². The molecule has 0 spiro atoms. The molecule has 7 rings (SSSR count). The Labute approximate surface area is 412 Å². The number of sulfonamides is 2. The van der Waals surface area contributed by atoms with Gasteiger partial charge in [0.05, 0.1) is 27.3 Å². The van der Waals surface area contributed by atoms with Crippen molar-refractivity contribution in [3.8, 4) is 11.5 Å². The van der Waals surface area contributed by atoms with E-state index in [1.807, 2.05) is 0 Å². The van der Waals surface area contributed by atoms with Gasteiger partial charge in [-0.2, -0.15) is 8.61 Å². The molecule has 19 heteroatoms. The Balaban J connectivity index is 0.000000224. The Hall–Kier alpha value is -3.92. The molecule has 15 nitrogen and oxygen atoms in total. The fraction of sp³-hybridized carbons (Fsp3) is 0.551. The zero-order valence-corrected chi connectivity index (χ0v) is 43.3. The van der Waals surface area contributed by atoms with Crippen molar-refractivity contribution in [1.29, 1.82) is 0 Å². The third-order valence-electron chi connectivity index (χ3n) is 12.8. The highest BCUT2D eigenvalue weighted by Gasteiger charge is 2.35. The Morgan fingerprint density at radius 1 is 0.691 bits per heavy atom. The number of thiophene rings is 2. The Morgan fingerprint density at radius 3 is 1.69 bits per heavy atom. The van der Waals surface area contributed by atoms with Crippen molar-refractivity contribution in [2.24, 2.45) is 5.92 Å². The SMILES string of the molecule is CCCCC(CC)CNC1CCN(S(=O)(=O)c2ccc(CNC(=O)c3cccc(OC)c3)s2)C1.COc1cccc(C(=O)NCc2ccc(S(=O)(=O)N3CCC(NCCN4CCCCC4)C3)s2)c1. The molecule has 3 aliphatic rings. The summed E-state index contributed by atoms with van der Waals surface area (Å²) in [4.78, 5) is 28.9. The minimum absolute atomic E-state index is 0.196. The molecule has 0 radical (unpaired) electrons. The van der Waals surface area contributed by atoms with Crippen molar-refractivity contribution >= 4 is 54.5 Å². The number of carbonyl (C=O) groups excluding carboxylic acids is 2. The molecular formula is C49H71N7O8S4. The minimum atomic E-state index is -3.53. The maximum Gasteiger partial charge on any atom is 0.252 e. The molecule has 68 heavy (non-hydrogen) atoms. The Morgan fingerprint density at radius 2 is 1.21 bits per heavy atom. The van der Waals surface area contributed by atoms with E-state index in [1.54, 1.807) is 95.6 Å². The summed E-state index contributed by atoms with van der Waals surface area (Å²) in [6, 6.07) is 21.1. The average molecular weight is 1010 g/mol. The highest BCUT2D eigenvalue weighted by molar-refractivity contribution is 7.91. The fourth-order valence-electron chi connectivity index (χ4n) is 8.62. The van der Waals surface area contributed by atoms with E-state index >= 15 is 0 Å². The summed E-state index contributed by atoms with van der Waals surface area (Å²) in [6.45, 7) is 12.3. The van der Waals surface area contributed by atoms with E-state index < -0.39 is 20.0 Å². The van der Waals surface area contributed by atoms with Crippen molar-refractivity contribution in [2.45, 2.75) is 105 Å². The second-order valence-corrected chi connectivity index (χ2v) is 24.3. The van der Waals surface area contributed by atoms with Gasteiger partial charge in [-0.15, -0.1) is 22.7 Å². The van der Waals surface area contributed by atoms with Crippen LogP contribution in [0.1, 0.15) is 102 Å². The highest BCUT2D eigenvalue weighted by Crippen LogP contribution is 2.29. The van der Waals surface area contributed by atoms with Crippen LogP contribution < -0.4 is 30.7 Å². The molecule has 3 aliphatic heterocycles. The highest BCUT2D eigenvalue weighted by atomic mass is 32.3. The monoisotopic (exact) mass is 1010 g/mol. The fourth-order valence-corrected chi connectivity index (χ4v) is 14.5. The number of piperidine rings is 1. The van der Waals surface area contributed by atoms with Crippen LogP contribution in [0.25, 0.3) is 0 Å². The third kappa shape index (κ3) is 15.3. The summed E-state index contributed by atoms with van der Waals surface area (Å²) in [5.41, 5.74) is 0.999. The largest absolute Gasteiger partial charge is 0.497 e. The smallest absolute Gasteiger partial charge is 0.252 e. The second kappa shape index (κ2) is 26.3. The van der Waals surface area contributed by atoms with Gasteiger partial charge in [-0.1, -0.05) is 51.7 Å². The average Bonchev–Trinajstić information content (AvgIpc) is 4.22. The number of amides is 2. The first-order valence-corrected chi connectivity index (χ1v) is 28.6. The summed E-state index contributed by atoms with van der Waals surface area (Å²) < 4.78 is 66.8. The first-order chi connectivity index (χ1) is 32.8. The van der Waals surface area contributed by atoms with E-state index in [0.29, 0.717) is 63.1 Å². The van der Waals surface area contributed by atoms with Gasteiger partial charge < -0.3 is 35.6 Å². The molecule has 2 aromatic heterocycles. The summed E-state index contributed by atoms with van der Waals surface area (Å²) in [7, 11) is -3.94. The number of hydrogen-bond acceptors (Lipinski definition) is 13. The van der Waals surface area contributed by atoms with Crippen molar-refractivity contribution in [2.75, 3.05) is 73.1 Å². The van der Waals surface area contributed by atoms with Gasteiger partial charge in [-0.05, 0) is 118 Å². The van der Waals surface area contributed by atoms with Crippen LogP contribution in [0.3, 0.4) is 0 Å². The summed E-state index contributed by atoms with van der Waals surface area (Å²) in [6.07, 6.45) is 10.4. The van der Waals surface area contributed by atoms with Crippen molar-refractivity contribution in [1.82, 2.24) is 34.8 Å². The molecule has 2 amide bonds. The lowest BCUT2D eigenvalue weighted by Gasteiger charge is -2.27. The maximum atomic E-state index is 13.2. The first kappa shape index (κ1) is 53.4. The van der Waals surface area contributed by atoms with E-state index in [2.05, 4.69) is 40.0 Å². The normalized spacial score (nSPS) is 18.7. The predicted molar refractivity (Wildman–Crippen MR) is 271 cm³/mol. The van der Waals surface area contributed by atoms with Crippen molar-refractivity contribution in [3.05, 3.63) is 93.7 Å². The number of nitrogens with one attached hydrogen (secondary N) is 4. The van der Waals surface area contributed by atoms with E-state index in [4.69, 9.17) is 9.47 Å². The zero-order chi connectivity index (χ0) is 48.5. The molecule has 3 unspecified atom stereocenters. The predicted octanol–water partition coefficient (Wildman–Crippen LogP) is 6.78. The minimum Gasteiger partial charge on any atom is -0.497 e. The van der Waals surface area contributed by atoms with Gasteiger partial charge in [-0.3, -0.25) is 9.59 Å². The zero-order valence-electron chi connectivity index (χ0n) is 40.0. The first-order valence-electron chi connectivity index (χ1n) is 24.0. The maximum absolute atomic E-state index is 13.2. The molecular weight excluding hydrogens is 943 g/mol. The molecule has 3 saturated heterocycles. The third-order valence-corrected chi connectivity index (χ3v) is 19.7. The van der Waals surface area contributed by atoms with Crippen LogP contribution >= 0.6 is 22.7 Å². The molecule has 4 N–H and O–H groups in total. The molecule has 4 aromatic rings. The molecule has 3 atom stereocenters. The molecule has 2 aromatic carbocycles. The van der Waals surface area contributed by atoms with Gasteiger partial charge in [0.1, 0.15) is 19.9 Å². The van der Waals surface area contributed by atoms with Crippen LogP contribution in [0.2, 0.25) is 0 Å². The Bertz CT molecular complexity index is 2440. The quantitative estimate of drug-likeness (QED) is 0.0616. The summed E-state index contributed by atoms with van der Waals surface area (Å²) in [5, 5.41) is 12.8. The number of rotatable bonds is 23. The van der Waals surface area contributed by atoms with Crippen molar-refractivity contribution in [3.63, 3.8) is 0 Å². The van der Waals surface area contributed by atoms with E-state index in [0.717, 1.165) is 48.7 Å². The van der Waals surface area contributed by atoms with Crippen LogP contribution in [0.15, 0.2) is 81.2 Å². The number of unbranched alkanes of at least 4 members (excludes halogenated alkanes) is 1. The number of ether oxygens (including phenoxy) is 2. The lowest BCUT2D eigenvalue weighted by molar-refractivity contribution is 0.0943. The molecule has 374 valence electrons. The Kier molecular flexibility index (Phi) is 20.7. The number of likely N-dealkylation sites (tertiary alicyclic amines) is 1. The van der Waals surface area contributed by atoms with E-state index in [9.17, 15) is 26.4 Å². The molecule has 0 bridgehead atoms. The van der Waals surface area contributed by atoms with Crippen LogP contribution in [-0.2, 0) is 33.1 Å². The summed E-state index contributed by atoms with van der Waals surface area (Å²) >= 11 is 2.43.